The number of nitrogens with zero attached hydrogens (tertiary/aromatic N) is 1. The number of hydrogen-bond donors (Lipinski definition) is 1. The molecule has 0 radical (unpaired) electrons. The van der Waals surface area contributed by atoms with Crippen molar-refractivity contribution in [2.45, 2.75) is 58.0 Å². The van der Waals surface area contributed by atoms with Gasteiger partial charge in [0.05, 0.1) is 5.54 Å². The van der Waals surface area contributed by atoms with E-state index in [4.69, 9.17) is 5.73 Å². The molecule has 3 atom stereocenters. The molecule has 2 heteroatoms. The summed E-state index contributed by atoms with van der Waals surface area (Å²) in [5, 5.41) is 0. The van der Waals surface area contributed by atoms with Crippen molar-refractivity contribution in [1.29, 1.82) is 0 Å². The van der Waals surface area contributed by atoms with Crippen LogP contribution in [0.2, 0.25) is 0 Å². The normalized spacial score (nSPS) is 27.7. The van der Waals surface area contributed by atoms with Gasteiger partial charge >= 0.3 is 0 Å². The van der Waals surface area contributed by atoms with E-state index in [1.54, 1.807) is 0 Å². The fourth-order valence-electron chi connectivity index (χ4n) is 3.66. The smallest absolute Gasteiger partial charge is 0.0586 e. The topological polar surface area (TPSA) is 29.3 Å². The van der Waals surface area contributed by atoms with Crippen molar-refractivity contribution in [2.24, 2.45) is 11.7 Å². The van der Waals surface area contributed by atoms with Crippen LogP contribution in [0.1, 0.15) is 57.6 Å². The third-order valence-corrected chi connectivity index (χ3v) is 5.57. The van der Waals surface area contributed by atoms with Crippen LogP contribution in [0, 0.1) is 5.92 Å². The van der Waals surface area contributed by atoms with E-state index in [0.29, 0.717) is 24.4 Å². The third-order valence-electron chi connectivity index (χ3n) is 5.57. The Morgan fingerprint density at radius 1 is 1.30 bits per heavy atom. The molecular weight excluding hydrogens is 244 g/mol. The molecule has 2 nitrogen and oxygen atoms in total. The predicted molar refractivity (Wildman–Crippen MR) is 86.9 cm³/mol. The maximum Gasteiger partial charge on any atom is 0.0586 e. The number of benzene rings is 1. The van der Waals surface area contributed by atoms with Gasteiger partial charge in [-0.05, 0) is 49.8 Å². The fourth-order valence-corrected chi connectivity index (χ4v) is 3.66. The molecule has 0 saturated carbocycles. The zero-order valence-corrected chi connectivity index (χ0v) is 13.7. The highest BCUT2D eigenvalue weighted by Crippen LogP contribution is 2.44. The summed E-state index contributed by atoms with van der Waals surface area (Å²) in [5.74, 6) is 1.28. The van der Waals surface area contributed by atoms with E-state index in [0.717, 1.165) is 6.42 Å². The largest absolute Gasteiger partial charge is 0.328 e. The SMILES string of the molecule is CC1CCC(CN)(N(C)C(C)C(C)C)c2ccccc21. The van der Waals surface area contributed by atoms with Gasteiger partial charge in [-0.15, -0.1) is 0 Å². The third kappa shape index (κ3) is 2.40. The molecule has 0 fully saturated rings. The molecule has 20 heavy (non-hydrogen) atoms. The molecule has 1 aliphatic rings. The summed E-state index contributed by atoms with van der Waals surface area (Å²) < 4.78 is 0. The van der Waals surface area contributed by atoms with E-state index < -0.39 is 0 Å². The minimum absolute atomic E-state index is 0.00674. The van der Waals surface area contributed by atoms with Gasteiger partial charge in [-0.2, -0.15) is 0 Å². The van der Waals surface area contributed by atoms with E-state index in [1.807, 2.05) is 0 Å². The molecule has 0 aliphatic heterocycles. The molecule has 0 heterocycles. The van der Waals surface area contributed by atoms with Crippen molar-refractivity contribution in [3.63, 3.8) is 0 Å². The molecule has 3 unspecified atom stereocenters. The summed E-state index contributed by atoms with van der Waals surface area (Å²) in [7, 11) is 2.25. The van der Waals surface area contributed by atoms with Crippen molar-refractivity contribution in [1.82, 2.24) is 4.90 Å². The van der Waals surface area contributed by atoms with Gasteiger partial charge in [0.15, 0.2) is 0 Å². The molecule has 0 bridgehead atoms. The summed E-state index contributed by atoms with van der Waals surface area (Å²) in [4.78, 5) is 2.53. The Morgan fingerprint density at radius 3 is 2.55 bits per heavy atom. The predicted octanol–water partition coefficient (Wildman–Crippen LogP) is 3.71. The van der Waals surface area contributed by atoms with E-state index in [9.17, 15) is 0 Å². The Bertz CT molecular complexity index is 454. The highest BCUT2D eigenvalue weighted by Gasteiger charge is 2.42. The second-order valence-corrected chi connectivity index (χ2v) is 6.86. The van der Waals surface area contributed by atoms with Crippen molar-refractivity contribution < 1.29 is 0 Å². The second-order valence-electron chi connectivity index (χ2n) is 6.86. The highest BCUT2D eigenvalue weighted by atomic mass is 15.2. The summed E-state index contributed by atoms with van der Waals surface area (Å²) in [5.41, 5.74) is 9.25. The Labute approximate surface area is 124 Å². The lowest BCUT2D eigenvalue weighted by molar-refractivity contribution is 0.0433. The molecule has 1 aliphatic carbocycles. The quantitative estimate of drug-likeness (QED) is 0.907. The monoisotopic (exact) mass is 274 g/mol. The number of fused-ring (bicyclic) bond motifs is 1. The van der Waals surface area contributed by atoms with Gasteiger partial charge in [-0.25, -0.2) is 0 Å². The van der Waals surface area contributed by atoms with Crippen molar-refractivity contribution in [2.75, 3.05) is 13.6 Å². The molecule has 2 N–H and O–H groups in total. The molecule has 0 amide bonds. The molecule has 0 saturated heterocycles. The summed E-state index contributed by atoms with van der Waals surface area (Å²) in [6.07, 6.45) is 2.39. The van der Waals surface area contributed by atoms with Crippen LogP contribution >= 0.6 is 0 Å². The Kier molecular flexibility index (Phi) is 4.55. The molecular formula is C18H30N2. The minimum Gasteiger partial charge on any atom is -0.328 e. The van der Waals surface area contributed by atoms with Gasteiger partial charge < -0.3 is 5.73 Å². The van der Waals surface area contributed by atoms with Crippen molar-refractivity contribution in [3.8, 4) is 0 Å². The highest BCUT2D eigenvalue weighted by molar-refractivity contribution is 5.39. The lowest BCUT2D eigenvalue weighted by Crippen LogP contribution is -2.55. The van der Waals surface area contributed by atoms with Gasteiger partial charge in [0, 0.05) is 12.6 Å². The molecule has 2 rings (SSSR count). The number of likely N-dealkylation sites (N-methyl/N-ethyl adjacent to an activating group) is 1. The van der Waals surface area contributed by atoms with E-state index >= 15 is 0 Å². The van der Waals surface area contributed by atoms with Crippen molar-refractivity contribution >= 4 is 0 Å². The Hall–Kier alpha value is -0.860. The zero-order chi connectivity index (χ0) is 14.9. The van der Waals surface area contributed by atoms with Crippen LogP contribution in [0.25, 0.3) is 0 Å². The van der Waals surface area contributed by atoms with Crippen LogP contribution < -0.4 is 5.73 Å². The minimum atomic E-state index is 0.00674. The molecule has 1 aromatic carbocycles. The zero-order valence-electron chi connectivity index (χ0n) is 13.7. The van der Waals surface area contributed by atoms with Crippen molar-refractivity contribution in [3.05, 3.63) is 35.4 Å². The van der Waals surface area contributed by atoms with E-state index in [-0.39, 0.29) is 5.54 Å². The number of nitrogens with two attached hydrogens (primary N) is 1. The Morgan fingerprint density at radius 2 is 1.95 bits per heavy atom. The maximum atomic E-state index is 6.30. The average Bonchev–Trinajstić information content (AvgIpc) is 2.47. The van der Waals surface area contributed by atoms with Crippen LogP contribution in [0.4, 0.5) is 0 Å². The van der Waals surface area contributed by atoms with Gasteiger partial charge in [-0.3, -0.25) is 4.90 Å². The summed E-state index contributed by atoms with van der Waals surface area (Å²) in [6.45, 7) is 9.95. The summed E-state index contributed by atoms with van der Waals surface area (Å²) >= 11 is 0. The first kappa shape index (κ1) is 15.5. The van der Waals surface area contributed by atoms with Crippen LogP contribution in [-0.4, -0.2) is 24.5 Å². The fraction of sp³-hybridized carbons (Fsp3) is 0.667. The van der Waals surface area contributed by atoms with Crippen LogP contribution in [0.15, 0.2) is 24.3 Å². The van der Waals surface area contributed by atoms with E-state index in [1.165, 1.54) is 17.5 Å². The first-order valence-electron chi connectivity index (χ1n) is 7.96. The molecule has 0 aromatic heterocycles. The van der Waals surface area contributed by atoms with Crippen LogP contribution in [-0.2, 0) is 5.54 Å². The number of hydrogen-bond acceptors (Lipinski definition) is 2. The first-order chi connectivity index (χ1) is 9.44. The van der Waals surface area contributed by atoms with Gasteiger partial charge in [0.25, 0.3) is 0 Å². The standard InChI is InChI=1S/C18H30N2/c1-13(2)15(4)20(5)18(12-19)11-10-14(3)16-8-6-7-9-17(16)18/h6-9,13-15H,10-12,19H2,1-5H3. The van der Waals surface area contributed by atoms with Crippen LogP contribution in [0.5, 0.6) is 0 Å². The maximum absolute atomic E-state index is 6.30. The average molecular weight is 274 g/mol. The van der Waals surface area contributed by atoms with Gasteiger partial charge in [0.2, 0.25) is 0 Å². The second kappa shape index (κ2) is 5.87. The molecule has 0 spiro atoms. The summed E-state index contributed by atoms with van der Waals surface area (Å²) in [6, 6.07) is 9.43. The molecule has 112 valence electrons. The molecule has 1 aromatic rings. The van der Waals surface area contributed by atoms with E-state index in [2.05, 4.69) is 63.9 Å². The lowest BCUT2D eigenvalue weighted by Gasteiger charge is -2.50. The first-order valence-corrected chi connectivity index (χ1v) is 7.96. The lowest BCUT2D eigenvalue weighted by atomic mass is 9.71. The Balaban J connectivity index is 2.49. The number of rotatable bonds is 4. The van der Waals surface area contributed by atoms with Gasteiger partial charge in [0.1, 0.15) is 0 Å². The van der Waals surface area contributed by atoms with Crippen LogP contribution in [0.3, 0.4) is 0 Å². The van der Waals surface area contributed by atoms with Gasteiger partial charge in [-0.1, -0.05) is 45.0 Å².